The van der Waals surface area contributed by atoms with Crippen molar-refractivity contribution in [3.8, 4) is 5.95 Å². The van der Waals surface area contributed by atoms with E-state index >= 15 is 0 Å². The zero-order valence-electron chi connectivity index (χ0n) is 12.9. The Morgan fingerprint density at radius 2 is 2.09 bits per heavy atom. The van der Waals surface area contributed by atoms with Gasteiger partial charge in [0.15, 0.2) is 0 Å². The zero-order valence-corrected chi connectivity index (χ0v) is 12.9. The van der Waals surface area contributed by atoms with Crippen molar-refractivity contribution in [3.05, 3.63) is 30.7 Å². The van der Waals surface area contributed by atoms with Gasteiger partial charge >= 0.3 is 0 Å². The van der Waals surface area contributed by atoms with Crippen molar-refractivity contribution >= 4 is 11.7 Å². The standard InChI is InChI=1S/C15H20N6O/c1-12(22)19(2)13-5-10-20(11-6-13)14-4-8-16-15(18-14)21-9-3-7-17-21/h3-4,7-9,13H,5-6,10-11H2,1-2H3. The lowest BCUT2D eigenvalue weighted by molar-refractivity contribution is -0.129. The van der Waals surface area contributed by atoms with Gasteiger partial charge in [0.1, 0.15) is 5.82 Å². The molecule has 1 saturated heterocycles. The van der Waals surface area contributed by atoms with Crippen LogP contribution in [-0.2, 0) is 4.79 Å². The van der Waals surface area contributed by atoms with E-state index in [2.05, 4.69) is 20.0 Å². The lowest BCUT2D eigenvalue weighted by Gasteiger charge is -2.36. The van der Waals surface area contributed by atoms with Gasteiger partial charge in [-0.15, -0.1) is 0 Å². The van der Waals surface area contributed by atoms with Gasteiger partial charge in [0, 0.05) is 51.7 Å². The molecule has 0 saturated carbocycles. The van der Waals surface area contributed by atoms with Crippen molar-refractivity contribution in [2.45, 2.75) is 25.8 Å². The quantitative estimate of drug-likeness (QED) is 0.849. The first-order valence-corrected chi connectivity index (χ1v) is 7.46. The molecule has 1 amide bonds. The van der Waals surface area contributed by atoms with Crippen LogP contribution < -0.4 is 4.90 Å². The lowest BCUT2D eigenvalue weighted by Crippen LogP contribution is -2.45. The molecule has 7 heteroatoms. The fourth-order valence-electron chi connectivity index (χ4n) is 2.75. The number of carbonyl (C=O) groups is 1. The maximum absolute atomic E-state index is 11.5. The monoisotopic (exact) mass is 300 g/mol. The van der Waals surface area contributed by atoms with Crippen LogP contribution in [0, 0.1) is 0 Å². The highest BCUT2D eigenvalue weighted by Crippen LogP contribution is 2.20. The van der Waals surface area contributed by atoms with Crippen LogP contribution in [0.4, 0.5) is 5.82 Å². The zero-order chi connectivity index (χ0) is 15.5. The van der Waals surface area contributed by atoms with Crippen molar-refractivity contribution in [1.29, 1.82) is 0 Å². The molecule has 3 rings (SSSR count). The molecule has 22 heavy (non-hydrogen) atoms. The van der Waals surface area contributed by atoms with Crippen LogP contribution in [0.1, 0.15) is 19.8 Å². The van der Waals surface area contributed by atoms with Crippen LogP contribution in [-0.4, -0.2) is 56.7 Å². The number of hydrogen-bond acceptors (Lipinski definition) is 5. The van der Waals surface area contributed by atoms with Gasteiger partial charge in [0.05, 0.1) is 0 Å². The predicted molar refractivity (Wildman–Crippen MR) is 82.8 cm³/mol. The molecule has 0 bridgehead atoms. The highest BCUT2D eigenvalue weighted by atomic mass is 16.2. The molecule has 0 radical (unpaired) electrons. The van der Waals surface area contributed by atoms with E-state index in [0.717, 1.165) is 31.7 Å². The summed E-state index contributed by atoms with van der Waals surface area (Å²) in [6.45, 7) is 3.39. The van der Waals surface area contributed by atoms with E-state index in [-0.39, 0.29) is 5.91 Å². The molecule has 1 fully saturated rings. The molecule has 0 unspecified atom stereocenters. The summed E-state index contributed by atoms with van der Waals surface area (Å²) in [6, 6.07) is 4.09. The number of aromatic nitrogens is 4. The average molecular weight is 300 g/mol. The van der Waals surface area contributed by atoms with E-state index in [1.54, 1.807) is 24.0 Å². The molecular weight excluding hydrogens is 280 g/mol. The van der Waals surface area contributed by atoms with Gasteiger partial charge in [0.25, 0.3) is 5.95 Å². The summed E-state index contributed by atoms with van der Waals surface area (Å²) in [5, 5.41) is 4.16. The minimum Gasteiger partial charge on any atom is -0.356 e. The van der Waals surface area contributed by atoms with Crippen molar-refractivity contribution < 1.29 is 4.79 Å². The third kappa shape index (κ3) is 2.93. The first-order valence-electron chi connectivity index (χ1n) is 7.46. The summed E-state index contributed by atoms with van der Waals surface area (Å²) in [4.78, 5) is 24.4. The first-order chi connectivity index (χ1) is 10.6. The van der Waals surface area contributed by atoms with Crippen LogP contribution in [0.5, 0.6) is 0 Å². The second-order valence-corrected chi connectivity index (χ2v) is 5.51. The van der Waals surface area contributed by atoms with Gasteiger partial charge in [-0.2, -0.15) is 10.1 Å². The average Bonchev–Trinajstić information content (AvgIpc) is 3.09. The van der Waals surface area contributed by atoms with Gasteiger partial charge < -0.3 is 9.80 Å². The third-order valence-corrected chi connectivity index (χ3v) is 4.17. The number of nitrogens with zero attached hydrogens (tertiary/aromatic N) is 6. The van der Waals surface area contributed by atoms with Crippen LogP contribution in [0.3, 0.4) is 0 Å². The molecule has 0 atom stereocenters. The molecule has 7 nitrogen and oxygen atoms in total. The van der Waals surface area contributed by atoms with Gasteiger partial charge in [-0.1, -0.05) is 0 Å². The van der Waals surface area contributed by atoms with Gasteiger partial charge in [-0.25, -0.2) is 9.67 Å². The predicted octanol–water partition coefficient (Wildman–Crippen LogP) is 1.11. The Labute approximate surface area is 129 Å². The third-order valence-electron chi connectivity index (χ3n) is 4.17. The molecule has 1 aliphatic rings. The number of amides is 1. The maximum Gasteiger partial charge on any atom is 0.252 e. The minimum absolute atomic E-state index is 0.126. The van der Waals surface area contributed by atoms with Crippen LogP contribution in [0.15, 0.2) is 30.7 Å². The maximum atomic E-state index is 11.5. The van der Waals surface area contributed by atoms with Gasteiger partial charge in [0.2, 0.25) is 5.91 Å². The van der Waals surface area contributed by atoms with E-state index in [9.17, 15) is 4.79 Å². The molecule has 0 spiro atoms. The fraction of sp³-hybridized carbons (Fsp3) is 0.467. The largest absolute Gasteiger partial charge is 0.356 e. The van der Waals surface area contributed by atoms with E-state index in [0.29, 0.717) is 12.0 Å². The number of piperidine rings is 1. The Morgan fingerprint density at radius 1 is 1.32 bits per heavy atom. The Morgan fingerprint density at radius 3 is 2.73 bits per heavy atom. The van der Waals surface area contributed by atoms with E-state index < -0.39 is 0 Å². The molecule has 3 heterocycles. The summed E-state index contributed by atoms with van der Waals surface area (Å²) in [5.74, 6) is 1.61. The fourth-order valence-corrected chi connectivity index (χ4v) is 2.75. The van der Waals surface area contributed by atoms with Crippen LogP contribution in [0.25, 0.3) is 5.95 Å². The molecule has 0 aliphatic carbocycles. The van der Waals surface area contributed by atoms with Gasteiger partial charge in [-0.3, -0.25) is 4.79 Å². The number of hydrogen-bond donors (Lipinski definition) is 0. The van der Waals surface area contributed by atoms with Crippen molar-refractivity contribution in [2.24, 2.45) is 0 Å². The lowest BCUT2D eigenvalue weighted by atomic mass is 10.0. The Kier molecular flexibility index (Phi) is 4.04. The van der Waals surface area contributed by atoms with E-state index in [4.69, 9.17) is 0 Å². The highest BCUT2D eigenvalue weighted by molar-refractivity contribution is 5.73. The van der Waals surface area contributed by atoms with Crippen molar-refractivity contribution in [1.82, 2.24) is 24.6 Å². The molecular formula is C15H20N6O. The molecule has 0 N–H and O–H groups in total. The Balaban J connectivity index is 1.69. The molecule has 2 aromatic heterocycles. The molecule has 1 aliphatic heterocycles. The topological polar surface area (TPSA) is 67.2 Å². The number of carbonyl (C=O) groups excluding carboxylic acids is 1. The summed E-state index contributed by atoms with van der Waals surface area (Å²) >= 11 is 0. The van der Waals surface area contributed by atoms with Gasteiger partial charge in [-0.05, 0) is 25.0 Å². The summed E-state index contributed by atoms with van der Waals surface area (Å²) in [5.41, 5.74) is 0. The number of rotatable bonds is 3. The van der Waals surface area contributed by atoms with Crippen LogP contribution >= 0.6 is 0 Å². The smallest absolute Gasteiger partial charge is 0.252 e. The minimum atomic E-state index is 0.126. The van der Waals surface area contributed by atoms with Crippen molar-refractivity contribution in [2.75, 3.05) is 25.0 Å². The summed E-state index contributed by atoms with van der Waals surface area (Å²) < 4.78 is 1.65. The normalized spacial score (nSPS) is 15.8. The van der Waals surface area contributed by atoms with E-state index in [1.807, 2.05) is 30.3 Å². The second kappa shape index (κ2) is 6.13. The SMILES string of the molecule is CC(=O)N(C)C1CCN(c2ccnc(-n3cccn3)n2)CC1. The molecule has 0 aromatic carbocycles. The Hall–Kier alpha value is -2.44. The van der Waals surface area contributed by atoms with E-state index in [1.165, 1.54) is 0 Å². The van der Waals surface area contributed by atoms with Crippen molar-refractivity contribution in [3.63, 3.8) is 0 Å². The highest BCUT2D eigenvalue weighted by Gasteiger charge is 2.24. The number of anilines is 1. The first kappa shape index (κ1) is 14.5. The summed E-state index contributed by atoms with van der Waals surface area (Å²) in [7, 11) is 1.88. The molecule has 116 valence electrons. The second-order valence-electron chi connectivity index (χ2n) is 5.51. The molecule has 2 aromatic rings. The summed E-state index contributed by atoms with van der Waals surface area (Å²) in [6.07, 6.45) is 7.20. The van der Waals surface area contributed by atoms with Crippen LogP contribution in [0.2, 0.25) is 0 Å². The Bertz CT molecular complexity index is 633.